The minimum Gasteiger partial charge on any atom is -0.344 e. The number of rotatable bonds is 4. The Morgan fingerprint density at radius 2 is 1.55 bits per heavy atom. The predicted molar refractivity (Wildman–Crippen MR) is 79.2 cm³/mol. The first-order valence-corrected chi connectivity index (χ1v) is 8.13. The van der Waals surface area contributed by atoms with E-state index in [0.717, 1.165) is 25.7 Å². The van der Waals surface area contributed by atoms with Gasteiger partial charge in [-0.15, -0.1) is 0 Å². The van der Waals surface area contributed by atoms with Crippen molar-refractivity contribution in [2.24, 2.45) is 5.92 Å². The molecule has 2 aliphatic rings. The van der Waals surface area contributed by atoms with Crippen LogP contribution in [-0.2, 0) is 9.59 Å². The molecule has 2 rings (SSSR count). The number of nitrogens with one attached hydrogen (secondary N) is 1. The molecule has 1 unspecified atom stereocenters. The van der Waals surface area contributed by atoms with E-state index < -0.39 is 0 Å². The van der Waals surface area contributed by atoms with Crippen LogP contribution in [0.2, 0.25) is 0 Å². The highest BCUT2D eigenvalue weighted by Gasteiger charge is 2.35. The molecule has 0 aromatic carbocycles. The quantitative estimate of drug-likeness (QED) is 0.860. The molecule has 0 heterocycles. The van der Waals surface area contributed by atoms with Gasteiger partial charge in [-0.25, -0.2) is 0 Å². The van der Waals surface area contributed by atoms with Crippen LogP contribution < -0.4 is 5.32 Å². The summed E-state index contributed by atoms with van der Waals surface area (Å²) in [5, 5.41) is 2.91. The Labute approximate surface area is 122 Å². The van der Waals surface area contributed by atoms with E-state index in [1.807, 2.05) is 11.9 Å². The molecule has 2 saturated carbocycles. The molecule has 2 aliphatic carbocycles. The zero-order valence-electron chi connectivity index (χ0n) is 12.9. The van der Waals surface area contributed by atoms with Crippen LogP contribution in [0.3, 0.4) is 0 Å². The van der Waals surface area contributed by atoms with Gasteiger partial charge in [0.2, 0.25) is 11.8 Å². The topological polar surface area (TPSA) is 49.4 Å². The monoisotopic (exact) mass is 280 g/mol. The summed E-state index contributed by atoms with van der Waals surface area (Å²) >= 11 is 0. The fourth-order valence-electron chi connectivity index (χ4n) is 3.76. The second-order valence-corrected chi connectivity index (χ2v) is 6.46. The van der Waals surface area contributed by atoms with Crippen LogP contribution >= 0.6 is 0 Å². The van der Waals surface area contributed by atoms with Gasteiger partial charge in [-0.3, -0.25) is 9.59 Å². The van der Waals surface area contributed by atoms with E-state index in [2.05, 4.69) is 5.32 Å². The molecule has 2 fully saturated rings. The summed E-state index contributed by atoms with van der Waals surface area (Å²) < 4.78 is 0. The van der Waals surface area contributed by atoms with E-state index in [1.165, 1.54) is 39.0 Å². The van der Waals surface area contributed by atoms with Crippen LogP contribution in [0.4, 0.5) is 0 Å². The summed E-state index contributed by atoms with van der Waals surface area (Å²) in [4.78, 5) is 26.1. The maximum Gasteiger partial charge on any atom is 0.245 e. The zero-order valence-corrected chi connectivity index (χ0v) is 12.9. The molecule has 114 valence electrons. The van der Waals surface area contributed by atoms with E-state index in [4.69, 9.17) is 0 Å². The average molecular weight is 280 g/mol. The summed E-state index contributed by atoms with van der Waals surface area (Å²) in [6.45, 7) is 1.51. The lowest BCUT2D eigenvalue weighted by Crippen LogP contribution is -2.53. The van der Waals surface area contributed by atoms with Gasteiger partial charge in [0, 0.05) is 20.0 Å². The van der Waals surface area contributed by atoms with Crippen molar-refractivity contribution < 1.29 is 9.59 Å². The average Bonchev–Trinajstić information content (AvgIpc) is 2.98. The Balaban J connectivity index is 2.01. The zero-order chi connectivity index (χ0) is 14.5. The summed E-state index contributed by atoms with van der Waals surface area (Å²) in [6.07, 6.45) is 10.4. The van der Waals surface area contributed by atoms with Crippen molar-refractivity contribution in [3.05, 3.63) is 0 Å². The molecule has 20 heavy (non-hydrogen) atoms. The Bertz CT molecular complexity index is 344. The Kier molecular flexibility index (Phi) is 5.44. The number of hydrogen-bond acceptors (Lipinski definition) is 2. The van der Waals surface area contributed by atoms with Crippen LogP contribution in [0, 0.1) is 5.92 Å². The third-order valence-electron chi connectivity index (χ3n) is 4.97. The molecule has 0 aliphatic heterocycles. The molecule has 1 atom stereocenters. The van der Waals surface area contributed by atoms with Crippen molar-refractivity contribution in [1.29, 1.82) is 0 Å². The van der Waals surface area contributed by atoms with Crippen molar-refractivity contribution in [2.75, 3.05) is 7.05 Å². The van der Waals surface area contributed by atoms with Gasteiger partial charge < -0.3 is 10.2 Å². The number of nitrogens with zero attached hydrogens (tertiary/aromatic N) is 1. The molecule has 2 amide bonds. The summed E-state index contributed by atoms with van der Waals surface area (Å²) in [5.41, 5.74) is 0. The molecular formula is C16H28N2O2. The number of amides is 2. The second-order valence-electron chi connectivity index (χ2n) is 6.46. The first-order valence-electron chi connectivity index (χ1n) is 8.13. The number of hydrogen-bond donors (Lipinski definition) is 1. The summed E-state index contributed by atoms with van der Waals surface area (Å²) in [7, 11) is 1.92. The lowest BCUT2D eigenvalue weighted by Gasteiger charge is -2.35. The van der Waals surface area contributed by atoms with E-state index in [0.29, 0.717) is 12.0 Å². The fourth-order valence-corrected chi connectivity index (χ4v) is 3.76. The van der Waals surface area contributed by atoms with Gasteiger partial charge in [0.05, 0.1) is 0 Å². The molecule has 0 aromatic heterocycles. The van der Waals surface area contributed by atoms with E-state index in [-0.39, 0.29) is 17.9 Å². The molecule has 0 aromatic rings. The van der Waals surface area contributed by atoms with Crippen LogP contribution in [0.15, 0.2) is 0 Å². The second kappa shape index (κ2) is 7.09. The first kappa shape index (κ1) is 15.3. The summed E-state index contributed by atoms with van der Waals surface area (Å²) in [5.74, 6) is 0.365. The van der Waals surface area contributed by atoms with Gasteiger partial charge in [-0.1, -0.05) is 32.1 Å². The number of likely N-dealkylation sites (N-methyl/N-ethyl adjacent to an activating group) is 1. The highest BCUT2D eigenvalue weighted by atomic mass is 16.2. The van der Waals surface area contributed by atoms with Gasteiger partial charge in [-0.05, 0) is 31.6 Å². The van der Waals surface area contributed by atoms with Crippen LogP contribution in [0.1, 0.15) is 64.7 Å². The van der Waals surface area contributed by atoms with Gasteiger partial charge in [0.15, 0.2) is 0 Å². The number of carbonyl (C=O) groups is 2. The van der Waals surface area contributed by atoms with Crippen LogP contribution in [0.5, 0.6) is 0 Å². The van der Waals surface area contributed by atoms with E-state index >= 15 is 0 Å². The van der Waals surface area contributed by atoms with Crippen molar-refractivity contribution in [3.8, 4) is 0 Å². The lowest BCUT2D eigenvalue weighted by molar-refractivity contribution is -0.138. The van der Waals surface area contributed by atoms with Crippen LogP contribution in [0.25, 0.3) is 0 Å². The maximum absolute atomic E-state index is 12.8. The number of carbonyl (C=O) groups excluding carboxylic acids is 2. The largest absolute Gasteiger partial charge is 0.344 e. The highest BCUT2D eigenvalue weighted by Crippen LogP contribution is 2.30. The van der Waals surface area contributed by atoms with Crippen molar-refractivity contribution in [1.82, 2.24) is 10.2 Å². The van der Waals surface area contributed by atoms with E-state index in [9.17, 15) is 9.59 Å². The Morgan fingerprint density at radius 1 is 1.00 bits per heavy atom. The van der Waals surface area contributed by atoms with Crippen molar-refractivity contribution in [2.45, 2.75) is 76.8 Å². The van der Waals surface area contributed by atoms with Gasteiger partial charge in [0.1, 0.15) is 6.04 Å². The maximum atomic E-state index is 12.8. The lowest BCUT2D eigenvalue weighted by atomic mass is 9.92. The molecule has 4 heteroatoms. The molecular weight excluding hydrogens is 252 g/mol. The van der Waals surface area contributed by atoms with Gasteiger partial charge in [-0.2, -0.15) is 0 Å². The molecule has 4 nitrogen and oxygen atoms in total. The molecule has 0 saturated heterocycles. The fraction of sp³-hybridized carbons (Fsp3) is 0.875. The smallest absolute Gasteiger partial charge is 0.245 e. The van der Waals surface area contributed by atoms with E-state index in [1.54, 1.807) is 0 Å². The Morgan fingerprint density at radius 3 is 2.10 bits per heavy atom. The molecule has 0 bridgehead atoms. The standard InChI is InChI=1S/C16H28N2O2/c1-12(19)17-15(13-8-6-7-9-13)16(20)18(2)14-10-4-3-5-11-14/h13-15H,3-11H2,1-2H3,(H,17,19). The third kappa shape index (κ3) is 3.74. The summed E-state index contributed by atoms with van der Waals surface area (Å²) in [6, 6.07) is 0.0656. The first-order chi connectivity index (χ1) is 9.59. The predicted octanol–water partition coefficient (Wildman–Crippen LogP) is 2.47. The van der Waals surface area contributed by atoms with Gasteiger partial charge in [0.25, 0.3) is 0 Å². The SMILES string of the molecule is CC(=O)NC(C(=O)N(C)C1CCCCC1)C1CCCC1. The third-order valence-corrected chi connectivity index (χ3v) is 4.97. The normalized spacial score (nSPS) is 22.5. The molecule has 0 radical (unpaired) electrons. The molecule has 0 spiro atoms. The minimum absolute atomic E-state index is 0.0905. The minimum atomic E-state index is -0.304. The van der Waals surface area contributed by atoms with Crippen molar-refractivity contribution in [3.63, 3.8) is 0 Å². The Hall–Kier alpha value is -1.06. The van der Waals surface area contributed by atoms with Gasteiger partial charge >= 0.3 is 0 Å². The molecule has 1 N–H and O–H groups in total. The van der Waals surface area contributed by atoms with Crippen LogP contribution in [-0.4, -0.2) is 35.8 Å². The highest BCUT2D eigenvalue weighted by molar-refractivity contribution is 5.87. The van der Waals surface area contributed by atoms with Crippen molar-refractivity contribution >= 4 is 11.8 Å².